The van der Waals surface area contributed by atoms with Crippen molar-refractivity contribution in [3.05, 3.63) is 33.8 Å². The molecular weight excluding hydrogens is 444 g/mol. The molecule has 0 spiro atoms. The summed E-state index contributed by atoms with van der Waals surface area (Å²) < 4.78 is 11.3. The number of hydrogen-bond donors (Lipinski definition) is 2. The number of amides is 2. The van der Waals surface area contributed by atoms with Crippen LogP contribution in [0.4, 0.5) is 0 Å². The second-order valence-corrected chi connectivity index (χ2v) is 8.91. The summed E-state index contributed by atoms with van der Waals surface area (Å²) in [5.41, 5.74) is 0.177. The van der Waals surface area contributed by atoms with E-state index in [-0.39, 0.29) is 35.6 Å². The minimum atomic E-state index is -0.909. The molecule has 0 unspecified atom stereocenters. The highest BCUT2D eigenvalue weighted by Gasteiger charge is 2.38. The molecule has 0 bridgehead atoms. The van der Waals surface area contributed by atoms with Gasteiger partial charge >= 0.3 is 13.1 Å². The van der Waals surface area contributed by atoms with Gasteiger partial charge in [-0.15, -0.1) is 0 Å². The fourth-order valence-electron chi connectivity index (χ4n) is 3.05. The van der Waals surface area contributed by atoms with Crippen LogP contribution in [0, 0.1) is 5.92 Å². The molecule has 2 amide bonds. The Morgan fingerprint density at radius 3 is 2.71 bits per heavy atom. The summed E-state index contributed by atoms with van der Waals surface area (Å²) in [6.45, 7) is 6.13. The van der Waals surface area contributed by atoms with Crippen molar-refractivity contribution in [2.75, 3.05) is 26.7 Å². The minimum Gasteiger partial charge on any atom is -0.507 e. The topological polar surface area (TPSA) is 97.0 Å². The number of nitrogens with one attached hydrogen (secondary N) is 2. The maximum atomic E-state index is 12.5. The van der Waals surface area contributed by atoms with E-state index in [1.165, 1.54) is 12.1 Å². The van der Waals surface area contributed by atoms with Gasteiger partial charge in [0.25, 0.3) is 5.91 Å². The molecule has 1 aliphatic rings. The lowest BCUT2D eigenvalue weighted by molar-refractivity contribution is -0.139. The predicted octanol–water partition coefficient (Wildman–Crippen LogP) is 2.18. The van der Waals surface area contributed by atoms with Crippen molar-refractivity contribution in [1.29, 1.82) is 0 Å². The largest absolute Gasteiger partial charge is 0.551 e. The third-order valence-electron chi connectivity index (χ3n) is 4.86. The van der Waals surface area contributed by atoms with Crippen LogP contribution in [-0.2, 0) is 18.9 Å². The lowest BCUT2D eigenvalue weighted by Crippen LogP contribution is -2.55. The van der Waals surface area contributed by atoms with E-state index >= 15 is 0 Å². The fraction of sp³-hybridized carbons (Fsp3) is 0.550. The first-order valence-corrected chi connectivity index (χ1v) is 10.9. The van der Waals surface area contributed by atoms with Crippen LogP contribution in [0.25, 0.3) is 0 Å². The van der Waals surface area contributed by atoms with Gasteiger partial charge in [-0.05, 0) is 44.5 Å². The van der Waals surface area contributed by atoms with E-state index in [1.54, 1.807) is 6.07 Å². The lowest BCUT2D eigenvalue weighted by Gasteiger charge is -2.32. The molecule has 8 nitrogen and oxygen atoms in total. The van der Waals surface area contributed by atoms with Gasteiger partial charge in [-0.3, -0.25) is 19.3 Å². The Morgan fingerprint density at radius 2 is 2.03 bits per heavy atom. The lowest BCUT2D eigenvalue weighted by atomic mass is 9.73. The SMILES string of the molecule is CC(C)C[C@H](NC(=O)CNC(=O)c1cc(Cl)ccc1Cl)B1OC[C@@H](C)N(C)CC(=O)O1. The van der Waals surface area contributed by atoms with Gasteiger partial charge < -0.3 is 19.9 Å². The van der Waals surface area contributed by atoms with Crippen molar-refractivity contribution in [3.8, 4) is 0 Å². The standard InChI is InChI=1S/C20H28BCl2N3O5/c1-12(2)7-17(21-30-11-13(3)26(4)10-19(28)31-21)25-18(27)9-24-20(29)15-8-14(22)5-6-16(15)23/h5-6,8,12-13,17H,7,9-11H2,1-4H3,(H,24,29)(H,25,27)/t13-,17+/m1/s1. The normalized spacial score (nSPS) is 18.7. The molecule has 31 heavy (non-hydrogen) atoms. The molecule has 1 aromatic carbocycles. The summed E-state index contributed by atoms with van der Waals surface area (Å²) in [5, 5.41) is 5.93. The number of likely N-dealkylation sites (N-methyl/N-ethyl adjacent to an activating group) is 1. The first-order valence-electron chi connectivity index (χ1n) is 10.1. The van der Waals surface area contributed by atoms with E-state index in [0.29, 0.717) is 18.1 Å². The fourth-order valence-corrected chi connectivity index (χ4v) is 3.43. The van der Waals surface area contributed by atoms with Crippen molar-refractivity contribution in [2.45, 2.75) is 39.2 Å². The van der Waals surface area contributed by atoms with Crippen LogP contribution in [0.2, 0.25) is 10.0 Å². The molecule has 0 radical (unpaired) electrons. The van der Waals surface area contributed by atoms with Crippen LogP contribution < -0.4 is 10.6 Å². The van der Waals surface area contributed by atoms with E-state index in [9.17, 15) is 14.4 Å². The van der Waals surface area contributed by atoms with E-state index in [2.05, 4.69) is 10.6 Å². The molecule has 1 saturated heterocycles. The van der Waals surface area contributed by atoms with Crippen molar-refractivity contribution in [1.82, 2.24) is 15.5 Å². The summed E-state index contributed by atoms with van der Waals surface area (Å²) >= 11 is 11.9. The van der Waals surface area contributed by atoms with E-state index in [1.807, 2.05) is 32.7 Å². The van der Waals surface area contributed by atoms with Crippen molar-refractivity contribution in [2.24, 2.45) is 5.92 Å². The maximum absolute atomic E-state index is 12.5. The zero-order chi connectivity index (χ0) is 23.1. The molecule has 1 aromatic rings. The van der Waals surface area contributed by atoms with Crippen LogP contribution >= 0.6 is 23.2 Å². The highest BCUT2D eigenvalue weighted by molar-refractivity contribution is 6.49. The Morgan fingerprint density at radius 1 is 1.32 bits per heavy atom. The summed E-state index contributed by atoms with van der Waals surface area (Å²) in [7, 11) is 0.908. The summed E-state index contributed by atoms with van der Waals surface area (Å²) in [6, 6.07) is 4.53. The van der Waals surface area contributed by atoms with E-state index < -0.39 is 30.8 Å². The summed E-state index contributed by atoms with van der Waals surface area (Å²) in [4.78, 5) is 38.9. The van der Waals surface area contributed by atoms with E-state index in [0.717, 1.165) is 0 Å². The van der Waals surface area contributed by atoms with Crippen molar-refractivity contribution >= 4 is 48.1 Å². The number of rotatable bonds is 7. The summed E-state index contributed by atoms with van der Waals surface area (Å²) in [6.07, 6.45) is 0.530. The molecule has 2 N–H and O–H groups in total. The number of carbonyl (C=O) groups excluding carboxylic acids is 3. The number of benzene rings is 1. The Bertz CT molecular complexity index is 811. The Hall–Kier alpha value is -1.81. The van der Waals surface area contributed by atoms with Gasteiger partial charge in [-0.25, -0.2) is 0 Å². The molecule has 0 saturated carbocycles. The minimum absolute atomic E-state index is 0.0208. The highest BCUT2D eigenvalue weighted by Crippen LogP contribution is 2.20. The van der Waals surface area contributed by atoms with Crippen molar-refractivity contribution < 1.29 is 23.7 Å². The second-order valence-electron chi connectivity index (χ2n) is 8.07. The van der Waals surface area contributed by atoms with Gasteiger partial charge in [0.15, 0.2) is 0 Å². The van der Waals surface area contributed by atoms with Crippen LogP contribution in [0.5, 0.6) is 0 Å². The van der Waals surface area contributed by atoms with Gasteiger partial charge in [0.2, 0.25) is 5.91 Å². The molecule has 2 atom stereocenters. The van der Waals surface area contributed by atoms with E-state index in [4.69, 9.17) is 32.5 Å². The molecule has 1 fully saturated rings. The quantitative estimate of drug-likeness (QED) is 0.591. The second kappa shape index (κ2) is 11.7. The van der Waals surface area contributed by atoms with Crippen LogP contribution in [0.3, 0.4) is 0 Å². The monoisotopic (exact) mass is 471 g/mol. The molecule has 0 aliphatic carbocycles. The smallest absolute Gasteiger partial charge is 0.507 e. The third kappa shape index (κ3) is 7.99. The zero-order valence-electron chi connectivity index (χ0n) is 18.1. The first kappa shape index (κ1) is 25.5. The molecule has 2 rings (SSSR count). The predicted molar refractivity (Wildman–Crippen MR) is 120 cm³/mol. The molecular formula is C20H28BCl2N3O5. The third-order valence-corrected chi connectivity index (χ3v) is 5.43. The molecule has 1 aliphatic heterocycles. The maximum Gasteiger partial charge on any atom is 0.551 e. The Balaban J connectivity index is 2.01. The molecule has 11 heteroatoms. The van der Waals surface area contributed by atoms with Gasteiger partial charge in [0.05, 0.1) is 29.6 Å². The Kier molecular flexibility index (Phi) is 9.62. The summed E-state index contributed by atoms with van der Waals surface area (Å²) in [5.74, 6) is -1.74. The van der Waals surface area contributed by atoms with Crippen LogP contribution in [0.1, 0.15) is 37.6 Å². The number of nitrogens with zero attached hydrogens (tertiary/aromatic N) is 1. The molecule has 1 heterocycles. The van der Waals surface area contributed by atoms with Gasteiger partial charge in [-0.1, -0.05) is 37.0 Å². The van der Waals surface area contributed by atoms with Gasteiger partial charge in [0.1, 0.15) is 0 Å². The number of carbonyl (C=O) groups is 3. The first-order chi connectivity index (χ1) is 14.6. The Labute approximate surface area is 193 Å². The molecule has 170 valence electrons. The molecule has 0 aromatic heterocycles. The van der Waals surface area contributed by atoms with Crippen molar-refractivity contribution in [3.63, 3.8) is 0 Å². The average molecular weight is 472 g/mol. The average Bonchev–Trinajstić information content (AvgIpc) is 2.69. The number of halogens is 2. The number of hydrogen-bond acceptors (Lipinski definition) is 6. The highest BCUT2D eigenvalue weighted by atomic mass is 35.5. The van der Waals surface area contributed by atoms with Gasteiger partial charge in [-0.2, -0.15) is 0 Å². The van der Waals surface area contributed by atoms with Crippen LogP contribution in [-0.4, -0.2) is 68.5 Å². The van der Waals surface area contributed by atoms with Gasteiger partial charge in [0, 0.05) is 17.7 Å². The van der Waals surface area contributed by atoms with Crippen LogP contribution in [0.15, 0.2) is 18.2 Å². The zero-order valence-corrected chi connectivity index (χ0v) is 19.6.